The molecule has 2 aromatic carbocycles. The van der Waals surface area contributed by atoms with E-state index in [1.165, 1.54) is 0 Å². The average Bonchev–Trinajstić information content (AvgIpc) is 3.03. The molecular formula is C26H24N2O5. The quantitative estimate of drug-likeness (QED) is 0.702. The molecule has 1 unspecified atom stereocenters. The number of benzene rings is 2. The second-order valence-corrected chi connectivity index (χ2v) is 9.39. The van der Waals surface area contributed by atoms with E-state index in [0.29, 0.717) is 23.4 Å². The second kappa shape index (κ2) is 7.33. The number of fused-ring (bicyclic) bond motifs is 3. The van der Waals surface area contributed by atoms with Crippen LogP contribution in [0.25, 0.3) is 0 Å². The lowest BCUT2D eigenvalue weighted by Crippen LogP contribution is -2.50. The van der Waals surface area contributed by atoms with Crippen molar-refractivity contribution in [1.82, 2.24) is 0 Å². The fraction of sp³-hybridized carbons (Fsp3) is 0.269. The van der Waals surface area contributed by atoms with Crippen LogP contribution in [0.5, 0.6) is 0 Å². The molecule has 7 heteroatoms. The highest BCUT2D eigenvalue weighted by atomic mass is 16.5. The number of hydrogen-bond donors (Lipinski definition) is 2. The van der Waals surface area contributed by atoms with E-state index < -0.39 is 17.3 Å². The predicted molar refractivity (Wildman–Crippen MR) is 120 cm³/mol. The van der Waals surface area contributed by atoms with Crippen molar-refractivity contribution in [3.8, 4) is 0 Å². The lowest BCUT2D eigenvalue weighted by molar-refractivity contribution is -0.142. The van der Waals surface area contributed by atoms with Gasteiger partial charge in [-0.15, -0.1) is 0 Å². The Hall–Kier alpha value is -3.87. The van der Waals surface area contributed by atoms with E-state index in [-0.39, 0.29) is 41.3 Å². The van der Waals surface area contributed by atoms with Gasteiger partial charge in [0.2, 0.25) is 11.8 Å². The molecule has 1 amide bonds. The van der Waals surface area contributed by atoms with Crippen LogP contribution in [-0.4, -0.2) is 17.7 Å². The summed E-state index contributed by atoms with van der Waals surface area (Å²) in [5.41, 5.74) is 6.03. The van der Waals surface area contributed by atoms with Crippen LogP contribution in [0.1, 0.15) is 37.8 Å². The minimum atomic E-state index is -1.71. The van der Waals surface area contributed by atoms with Gasteiger partial charge in [-0.3, -0.25) is 9.59 Å². The fourth-order valence-electron chi connectivity index (χ4n) is 5.07. The minimum Gasteiger partial charge on any atom is -0.457 e. The number of ketones is 1. The number of esters is 1. The summed E-state index contributed by atoms with van der Waals surface area (Å²) in [6, 6.07) is 16.2. The number of allylic oxidation sites excluding steroid dienone is 1. The number of hydrogen-bond acceptors (Lipinski definition) is 6. The molecule has 33 heavy (non-hydrogen) atoms. The molecule has 3 N–H and O–H groups in total. The summed E-state index contributed by atoms with van der Waals surface area (Å²) >= 11 is 0. The smallest absolute Gasteiger partial charge is 0.341 e. The summed E-state index contributed by atoms with van der Waals surface area (Å²) in [7, 11) is 0. The van der Waals surface area contributed by atoms with Crippen LogP contribution in [0.4, 0.5) is 5.69 Å². The van der Waals surface area contributed by atoms with Crippen LogP contribution in [0.2, 0.25) is 0 Å². The van der Waals surface area contributed by atoms with Crippen molar-refractivity contribution in [2.45, 2.75) is 38.7 Å². The summed E-state index contributed by atoms with van der Waals surface area (Å²) in [5.74, 6) is -1.44. The molecule has 3 aliphatic rings. The van der Waals surface area contributed by atoms with E-state index in [4.69, 9.17) is 15.2 Å². The third-order valence-corrected chi connectivity index (χ3v) is 6.40. The Balaban J connectivity index is 1.67. The fourth-order valence-corrected chi connectivity index (χ4v) is 5.07. The first-order valence-corrected chi connectivity index (χ1v) is 10.8. The van der Waals surface area contributed by atoms with Crippen molar-refractivity contribution in [1.29, 1.82) is 0 Å². The van der Waals surface area contributed by atoms with Gasteiger partial charge in [0.05, 0.1) is 5.57 Å². The van der Waals surface area contributed by atoms with Gasteiger partial charge < -0.3 is 20.5 Å². The molecule has 7 nitrogen and oxygen atoms in total. The molecule has 0 aromatic heterocycles. The largest absolute Gasteiger partial charge is 0.457 e. The summed E-state index contributed by atoms with van der Waals surface area (Å²) in [5, 5.41) is 2.83. The highest BCUT2D eigenvalue weighted by molar-refractivity contribution is 6.22. The van der Waals surface area contributed by atoms with Crippen LogP contribution in [0.3, 0.4) is 0 Å². The molecule has 0 fully saturated rings. The molecule has 2 aliphatic heterocycles. The first-order valence-electron chi connectivity index (χ1n) is 10.8. The van der Waals surface area contributed by atoms with Crippen molar-refractivity contribution in [2.24, 2.45) is 11.1 Å². The van der Waals surface area contributed by atoms with Crippen LogP contribution >= 0.6 is 0 Å². The molecule has 5 rings (SSSR count). The Morgan fingerprint density at radius 1 is 1.06 bits per heavy atom. The number of para-hydroxylation sites is 1. The number of rotatable bonds is 3. The highest BCUT2D eigenvalue weighted by Crippen LogP contribution is 2.56. The summed E-state index contributed by atoms with van der Waals surface area (Å²) in [6.07, 6.45) is 0.636. The standard InChI is InChI=1S/C26H24N2O5/c1-25(2)12-18(29)20-19(13-25)33-22(27)21(23(30)32-14-15-8-4-3-5-9-15)26(20)16-10-6-7-11-17(16)28-24(26)31/h3-11H,12-14,27H2,1-2H3,(H,28,31). The molecule has 1 aliphatic carbocycles. The number of carbonyl (C=O) groups excluding carboxylic acids is 3. The Morgan fingerprint density at radius 3 is 2.52 bits per heavy atom. The summed E-state index contributed by atoms with van der Waals surface area (Å²) in [6.45, 7) is 3.90. The van der Waals surface area contributed by atoms with Gasteiger partial charge in [-0.25, -0.2) is 4.79 Å². The van der Waals surface area contributed by atoms with Crippen molar-refractivity contribution >= 4 is 23.3 Å². The third kappa shape index (κ3) is 3.15. The van der Waals surface area contributed by atoms with E-state index in [2.05, 4.69) is 5.32 Å². The van der Waals surface area contributed by atoms with Gasteiger partial charge in [0.25, 0.3) is 0 Å². The number of nitrogens with one attached hydrogen (secondary N) is 1. The number of ether oxygens (including phenoxy) is 2. The molecule has 1 spiro atoms. The minimum absolute atomic E-state index is 0.0112. The van der Waals surface area contributed by atoms with E-state index in [1.807, 2.05) is 44.2 Å². The van der Waals surface area contributed by atoms with E-state index in [1.54, 1.807) is 24.3 Å². The predicted octanol–water partition coefficient (Wildman–Crippen LogP) is 3.46. The monoisotopic (exact) mass is 444 g/mol. The van der Waals surface area contributed by atoms with Gasteiger partial charge >= 0.3 is 5.97 Å². The Labute approximate surface area is 191 Å². The maximum Gasteiger partial charge on any atom is 0.341 e. The molecule has 2 aromatic rings. The summed E-state index contributed by atoms with van der Waals surface area (Å²) < 4.78 is 11.4. The average molecular weight is 444 g/mol. The third-order valence-electron chi connectivity index (χ3n) is 6.40. The second-order valence-electron chi connectivity index (χ2n) is 9.39. The van der Waals surface area contributed by atoms with Crippen LogP contribution in [-0.2, 0) is 35.9 Å². The number of carbonyl (C=O) groups is 3. The first kappa shape index (κ1) is 21.0. The normalized spacial score (nSPS) is 23.1. The van der Waals surface area contributed by atoms with Crippen molar-refractivity contribution in [3.63, 3.8) is 0 Å². The molecule has 2 heterocycles. The van der Waals surface area contributed by atoms with Crippen LogP contribution < -0.4 is 11.1 Å². The number of Topliss-reactive ketones (excluding diaryl/α,β-unsaturated/α-hetero) is 1. The lowest BCUT2D eigenvalue weighted by Gasteiger charge is -2.41. The summed E-state index contributed by atoms with van der Waals surface area (Å²) in [4.78, 5) is 40.6. The molecule has 0 saturated carbocycles. The van der Waals surface area contributed by atoms with Gasteiger partial charge in [-0.05, 0) is 17.0 Å². The van der Waals surface area contributed by atoms with Gasteiger partial charge in [0.15, 0.2) is 5.78 Å². The molecule has 0 saturated heterocycles. The van der Waals surface area contributed by atoms with Gasteiger partial charge in [0, 0.05) is 24.1 Å². The first-order chi connectivity index (χ1) is 15.7. The Morgan fingerprint density at radius 2 is 1.76 bits per heavy atom. The Bertz CT molecular complexity index is 1260. The lowest BCUT2D eigenvalue weighted by atomic mass is 9.62. The highest BCUT2D eigenvalue weighted by Gasteiger charge is 2.62. The van der Waals surface area contributed by atoms with Crippen molar-refractivity contribution in [3.05, 3.63) is 88.5 Å². The zero-order valence-electron chi connectivity index (χ0n) is 18.4. The molecule has 168 valence electrons. The number of amides is 1. The van der Waals surface area contributed by atoms with Gasteiger partial charge in [-0.2, -0.15) is 0 Å². The molecule has 0 radical (unpaired) electrons. The zero-order valence-corrected chi connectivity index (χ0v) is 18.4. The zero-order chi connectivity index (χ0) is 23.4. The topological polar surface area (TPSA) is 108 Å². The van der Waals surface area contributed by atoms with Crippen molar-refractivity contribution < 1.29 is 23.9 Å². The molecule has 0 bridgehead atoms. The van der Waals surface area contributed by atoms with E-state index in [9.17, 15) is 14.4 Å². The van der Waals surface area contributed by atoms with Gasteiger partial charge in [0.1, 0.15) is 23.4 Å². The molecule has 1 atom stereocenters. The maximum atomic E-state index is 13.7. The van der Waals surface area contributed by atoms with E-state index in [0.717, 1.165) is 5.56 Å². The van der Waals surface area contributed by atoms with Crippen LogP contribution in [0, 0.1) is 5.41 Å². The van der Waals surface area contributed by atoms with E-state index >= 15 is 0 Å². The maximum absolute atomic E-state index is 13.7. The number of anilines is 1. The van der Waals surface area contributed by atoms with Crippen LogP contribution in [0.15, 0.2) is 77.4 Å². The number of nitrogens with two attached hydrogens (primary N) is 1. The van der Waals surface area contributed by atoms with Crippen molar-refractivity contribution in [2.75, 3.05) is 5.32 Å². The Kier molecular flexibility index (Phi) is 4.67. The van der Waals surface area contributed by atoms with Gasteiger partial charge in [-0.1, -0.05) is 62.4 Å². The molecular weight excluding hydrogens is 420 g/mol. The SMILES string of the molecule is CC1(C)CC(=O)C2=C(C1)OC(N)=C(C(=O)OCc1ccccc1)C21C(=O)Nc2ccccc21.